The molecular formula is C23H26ClN5O2S. The average molecular weight is 472 g/mol. The summed E-state index contributed by atoms with van der Waals surface area (Å²) in [6.07, 6.45) is 0.763. The number of amides is 1. The quantitative estimate of drug-likeness (QED) is 0.483. The van der Waals surface area contributed by atoms with Gasteiger partial charge in [0.2, 0.25) is 11.9 Å². The molecule has 3 aromatic rings. The Morgan fingerprint density at radius 3 is 2.53 bits per heavy atom. The average Bonchev–Trinajstić information content (AvgIpc) is 3.22. The predicted molar refractivity (Wildman–Crippen MR) is 127 cm³/mol. The van der Waals surface area contributed by atoms with Gasteiger partial charge in [0.1, 0.15) is 0 Å². The Morgan fingerprint density at radius 1 is 1.03 bits per heavy atom. The third kappa shape index (κ3) is 6.25. The summed E-state index contributed by atoms with van der Waals surface area (Å²) in [5.41, 5.74) is 2.30. The minimum atomic E-state index is -0.0221. The first-order valence-electron chi connectivity index (χ1n) is 10.6. The van der Waals surface area contributed by atoms with E-state index in [4.69, 9.17) is 16.3 Å². The van der Waals surface area contributed by atoms with E-state index in [1.807, 2.05) is 42.5 Å². The molecule has 2 heterocycles. The van der Waals surface area contributed by atoms with Crippen molar-refractivity contribution in [1.82, 2.24) is 20.1 Å². The van der Waals surface area contributed by atoms with Crippen LogP contribution in [0.5, 0.6) is 0 Å². The fourth-order valence-electron chi connectivity index (χ4n) is 3.47. The zero-order valence-corrected chi connectivity index (χ0v) is 19.3. The van der Waals surface area contributed by atoms with Gasteiger partial charge in [-0.05, 0) is 29.7 Å². The highest BCUT2D eigenvalue weighted by atomic mass is 35.5. The summed E-state index contributed by atoms with van der Waals surface area (Å²) >= 11 is 7.33. The topological polar surface area (TPSA) is 72.3 Å². The lowest BCUT2D eigenvalue weighted by Gasteiger charge is -2.28. The SMILES string of the molecule is O=C(CSc1nnc(N2CCOCC2)n1Cc1ccccc1)NCCc1ccc(Cl)cc1. The van der Waals surface area contributed by atoms with E-state index >= 15 is 0 Å². The zero-order valence-electron chi connectivity index (χ0n) is 17.7. The summed E-state index contributed by atoms with van der Waals surface area (Å²) in [5.74, 6) is 1.09. The lowest BCUT2D eigenvalue weighted by Crippen LogP contribution is -2.38. The highest BCUT2D eigenvalue weighted by Crippen LogP contribution is 2.24. The van der Waals surface area contributed by atoms with Crippen LogP contribution in [-0.2, 0) is 22.5 Å². The van der Waals surface area contributed by atoms with Gasteiger partial charge in [-0.15, -0.1) is 10.2 Å². The molecule has 2 aromatic carbocycles. The monoisotopic (exact) mass is 471 g/mol. The van der Waals surface area contributed by atoms with Gasteiger partial charge in [0, 0.05) is 24.7 Å². The molecule has 7 nitrogen and oxygen atoms in total. The Hall–Kier alpha value is -2.55. The maximum atomic E-state index is 12.4. The summed E-state index contributed by atoms with van der Waals surface area (Å²) in [6, 6.07) is 17.9. The summed E-state index contributed by atoms with van der Waals surface area (Å²) in [7, 11) is 0. The fraction of sp³-hybridized carbons (Fsp3) is 0.348. The van der Waals surface area contributed by atoms with Crippen LogP contribution in [0.4, 0.5) is 5.95 Å². The largest absolute Gasteiger partial charge is 0.378 e. The van der Waals surface area contributed by atoms with E-state index in [9.17, 15) is 4.79 Å². The zero-order chi connectivity index (χ0) is 22.2. The van der Waals surface area contributed by atoms with E-state index in [1.165, 1.54) is 11.8 Å². The van der Waals surface area contributed by atoms with Gasteiger partial charge in [0.05, 0.1) is 25.5 Å². The van der Waals surface area contributed by atoms with Crippen molar-refractivity contribution in [3.8, 4) is 0 Å². The first kappa shape index (κ1) is 22.6. The number of carbonyl (C=O) groups excluding carboxylic acids is 1. The number of carbonyl (C=O) groups is 1. The number of anilines is 1. The third-order valence-corrected chi connectivity index (χ3v) is 6.37. The number of morpholine rings is 1. The molecule has 1 saturated heterocycles. The molecule has 9 heteroatoms. The van der Waals surface area contributed by atoms with Crippen LogP contribution in [0, 0.1) is 0 Å². The second-order valence-corrected chi connectivity index (χ2v) is 8.85. The molecule has 1 amide bonds. The summed E-state index contributed by atoms with van der Waals surface area (Å²) < 4.78 is 7.57. The Balaban J connectivity index is 1.36. The molecule has 1 aliphatic heterocycles. The van der Waals surface area contributed by atoms with Gasteiger partial charge in [0.25, 0.3) is 0 Å². The van der Waals surface area contributed by atoms with Gasteiger partial charge >= 0.3 is 0 Å². The molecule has 0 spiro atoms. The number of benzene rings is 2. The molecule has 0 aliphatic carbocycles. The van der Waals surface area contributed by atoms with E-state index in [1.54, 1.807) is 0 Å². The van der Waals surface area contributed by atoms with Gasteiger partial charge < -0.3 is 15.0 Å². The highest BCUT2D eigenvalue weighted by Gasteiger charge is 2.21. The Morgan fingerprint density at radius 2 is 1.78 bits per heavy atom. The number of ether oxygens (including phenoxy) is 1. The number of nitrogens with one attached hydrogen (secondary N) is 1. The van der Waals surface area contributed by atoms with E-state index in [-0.39, 0.29) is 11.7 Å². The molecule has 0 bridgehead atoms. The highest BCUT2D eigenvalue weighted by molar-refractivity contribution is 7.99. The number of hydrogen-bond donors (Lipinski definition) is 1. The van der Waals surface area contributed by atoms with Crippen molar-refractivity contribution >= 4 is 35.2 Å². The van der Waals surface area contributed by atoms with Crippen LogP contribution >= 0.6 is 23.4 Å². The Kier molecular flexibility index (Phi) is 8.03. The van der Waals surface area contributed by atoms with E-state index in [2.05, 4.69) is 37.1 Å². The molecular weight excluding hydrogens is 446 g/mol. The minimum absolute atomic E-state index is 0.0221. The lowest BCUT2D eigenvalue weighted by atomic mass is 10.1. The van der Waals surface area contributed by atoms with Crippen molar-refractivity contribution in [2.45, 2.75) is 18.1 Å². The van der Waals surface area contributed by atoms with Crippen LogP contribution in [0.2, 0.25) is 5.02 Å². The summed E-state index contributed by atoms with van der Waals surface area (Å²) in [4.78, 5) is 14.6. The standard InChI is InChI=1S/C23H26ClN5O2S/c24-20-8-6-18(7-9-20)10-11-25-21(30)17-32-23-27-26-22(28-12-14-31-15-13-28)29(23)16-19-4-2-1-3-5-19/h1-9H,10-17H2,(H,25,30). The van der Waals surface area contributed by atoms with Crippen LogP contribution in [0.25, 0.3) is 0 Å². The Labute approximate surface area is 197 Å². The van der Waals surface area contributed by atoms with Crippen LogP contribution in [-0.4, -0.2) is 59.3 Å². The van der Waals surface area contributed by atoms with Gasteiger partial charge in [-0.25, -0.2) is 0 Å². The summed E-state index contributed by atoms with van der Waals surface area (Å²) in [5, 5.41) is 13.3. The van der Waals surface area contributed by atoms with E-state index in [0.717, 1.165) is 41.7 Å². The smallest absolute Gasteiger partial charge is 0.230 e. The van der Waals surface area contributed by atoms with Gasteiger partial charge in [-0.1, -0.05) is 65.8 Å². The number of nitrogens with zero attached hydrogens (tertiary/aromatic N) is 4. The molecule has 0 radical (unpaired) electrons. The lowest BCUT2D eigenvalue weighted by molar-refractivity contribution is -0.118. The molecule has 0 saturated carbocycles. The number of hydrogen-bond acceptors (Lipinski definition) is 6. The van der Waals surface area contributed by atoms with Crippen molar-refractivity contribution in [3.05, 3.63) is 70.7 Å². The van der Waals surface area contributed by atoms with Crippen molar-refractivity contribution in [2.75, 3.05) is 43.5 Å². The first-order valence-corrected chi connectivity index (χ1v) is 12.0. The van der Waals surface area contributed by atoms with Gasteiger partial charge in [-0.3, -0.25) is 9.36 Å². The van der Waals surface area contributed by atoms with Gasteiger partial charge in [0.15, 0.2) is 5.16 Å². The molecule has 1 fully saturated rings. The van der Waals surface area contributed by atoms with Crippen LogP contribution in [0.15, 0.2) is 59.8 Å². The second-order valence-electron chi connectivity index (χ2n) is 7.47. The maximum absolute atomic E-state index is 12.4. The van der Waals surface area contributed by atoms with Crippen molar-refractivity contribution < 1.29 is 9.53 Å². The Bertz CT molecular complexity index is 1010. The van der Waals surface area contributed by atoms with Gasteiger partial charge in [-0.2, -0.15) is 0 Å². The van der Waals surface area contributed by atoms with Crippen LogP contribution in [0.1, 0.15) is 11.1 Å². The molecule has 0 atom stereocenters. The van der Waals surface area contributed by atoms with E-state index in [0.29, 0.717) is 31.3 Å². The molecule has 0 unspecified atom stereocenters. The minimum Gasteiger partial charge on any atom is -0.378 e. The predicted octanol–water partition coefficient (Wildman–Crippen LogP) is 3.27. The second kappa shape index (κ2) is 11.4. The number of rotatable bonds is 9. The molecule has 1 aromatic heterocycles. The first-order chi connectivity index (χ1) is 15.7. The molecule has 32 heavy (non-hydrogen) atoms. The molecule has 1 aliphatic rings. The van der Waals surface area contributed by atoms with Crippen molar-refractivity contribution in [1.29, 1.82) is 0 Å². The summed E-state index contributed by atoms with van der Waals surface area (Å²) in [6.45, 7) is 4.15. The maximum Gasteiger partial charge on any atom is 0.230 e. The molecule has 1 N–H and O–H groups in total. The number of halogens is 1. The normalized spacial score (nSPS) is 13.8. The van der Waals surface area contributed by atoms with Crippen molar-refractivity contribution in [3.63, 3.8) is 0 Å². The molecule has 168 valence electrons. The van der Waals surface area contributed by atoms with Crippen LogP contribution in [0.3, 0.4) is 0 Å². The van der Waals surface area contributed by atoms with Crippen molar-refractivity contribution in [2.24, 2.45) is 0 Å². The number of thioether (sulfide) groups is 1. The fourth-order valence-corrected chi connectivity index (χ4v) is 4.36. The third-order valence-electron chi connectivity index (χ3n) is 5.16. The van der Waals surface area contributed by atoms with E-state index < -0.39 is 0 Å². The van der Waals surface area contributed by atoms with Crippen LogP contribution < -0.4 is 10.2 Å². The number of aromatic nitrogens is 3. The molecule has 4 rings (SSSR count).